The van der Waals surface area contributed by atoms with Crippen LogP contribution in [0.2, 0.25) is 0 Å². The van der Waals surface area contributed by atoms with E-state index in [1.165, 1.54) is 5.56 Å². The van der Waals surface area contributed by atoms with Crippen molar-refractivity contribution < 1.29 is 0 Å². The number of hydrogen-bond donors (Lipinski definition) is 0. The Kier molecular flexibility index (Phi) is 2.35. The Morgan fingerprint density at radius 2 is 2.07 bits per heavy atom. The van der Waals surface area contributed by atoms with E-state index < -0.39 is 0 Å². The molecule has 1 aliphatic rings. The van der Waals surface area contributed by atoms with Gasteiger partial charge in [0.2, 0.25) is 0 Å². The zero-order valence-corrected chi connectivity index (χ0v) is 11.6. The zero-order chi connectivity index (χ0) is 10.6. The summed E-state index contributed by atoms with van der Waals surface area (Å²) in [5.41, 5.74) is 2.31. The third kappa shape index (κ3) is 1.10. The summed E-state index contributed by atoms with van der Waals surface area (Å²) in [4.78, 5) is 1.59. The van der Waals surface area contributed by atoms with Crippen molar-refractivity contribution in [2.24, 2.45) is 11.3 Å². The molecule has 0 saturated heterocycles. The van der Waals surface area contributed by atoms with Crippen LogP contribution in [-0.4, -0.2) is 5.33 Å². The minimum atomic E-state index is 0.398. The molecule has 1 aromatic heterocycles. The van der Waals surface area contributed by atoms with Crippen LogP contribution >= 0.6 is 27.3 Å². The quantitative estimate of drug-likeness (QED) is 0.702. The van der Waals surface area contributed by atoms with Crippen LogP contribution in [0, 0.1) is 18.3 Å². The lowest BCUT2D eigenvalue weighted by atomic mass is 9.94. The highest BCUT2D eigenvalue weighted by Crippen LogP contribution is 2.70. The molecule has 0 spiro atoms. The molecule has 2 atom stereocenters. The van der Waals surface area contributed by atoms with E-state index in [0.29, 0.717) is 10.8 Å². The molecule has 1 aromatic rings. The number of halogens is 1. The van der Waals surface area contributed by atoms with E-state index in [0.717, 1.165) is 11.2 Å². The summed E-state index contributed by atoms with van der Waals surface area (Å²) in [6.45, 7) is 9.42. The van der Waals surface area contributed by atoms with Gasteiger partial charge >= 0.3 is 0 Å². The highest BCUT2D eigenvalue weighted by Gasteiger charge is 2.68. The molecule has 14 heavy (non-hydrogen) atoms. The highest BCUT2D eigenvalue weighted by molar-refractivity contribution is 9.09. The Morgan fingerprint density at radius 1 is 1.43 bits per heavy atom. The molecule has 2 heteroatoms. The molecule has 78 valence electrons. The van der Waals surface area contributed by atoms with Gasteiger partial charge in [-0.05, 0) is 35.3 Å². The SMILES string of the molecule is Cc1ccsc1C1(C)C(CBr)C1(C)C. The van der Waals surface area contributed by atoms with Gasteiger partial charge in [-0.2, -0.15) is 0 Å². The molecular formula is C12H17BrS. The molecular weight excluding hydrogens is 256 g/mol. The second-order valence-electron chi connectivity index (χ2n) is 5.06. The summed E-state index contributed by atoms with van der Waals surface area (Å²) in [6, 6.07) is 2.24. The number of thiophene rings is 1. The summed E-state index contributed by atoms with van der Waals surface area (Å²) >= 11 is 5.56. The normalized spacial score (nSPS) is 34.5. The molecule has 0 nitrogen and oxygen atoms in total. The fourth-order valence-corrected chi connectivity index (χ4v) is 5.57. The Balaban J connectivity index is 2.42. The minimum absolute atomic E-state index is 0.398. The Morgan fingerprint density at radius 3 is 2.43 bits per heavy atom. The molecule has 0 amide bonds. The van der Waals surface area contributed by atoms with Crippen LogP contribution in [0.5, 0.6) is 0 Å². The monoisotopic (exact) mass is 272 g/mol. The van der Waals surface area contributed by atoms with Gasteiger partial charge in [0, 0.05) is 15.6 Å². The minimum Gasteiger partial charge on any atom is -0.148 e. The molecule has 0 N–H and O–H groups in total. The molecule has 2 unspecified atom stereocenters. The van der Waals surface area contributed by atoms with E-state index in [-0.39, 0.29) is 0 Å². The maximum atomic E-state index is 3.64. The van der Waals surface area contributed by atoms with Crippen LogP contribution in [0.4, 0.5) is 0 Å². The summed E-state index contributed by atoms with van der Waals surface area (Å²) < 4.78 is 0. The number of alkyl halides is 1. The molecule has 2 rings (SSSR count). The summed E-state index contributed by atoms with van der Waals surface area (Å²) in [7, 11) is 0. The van der Waals surface area contributed by atoms with Crippen molar-refractivity contribution in [3.8, 4) is 0 Å². The maximum Gasteiger partial charge on any atom is 0.0142 e. The molecule has 1 saturated carbocycles. The predicted octanol–water partition coefficient (Wildman–Crippen LogP) is 4.37. The van der Waals surface area contributed by atoms with E-state index in [2.05, 4.69) is 55.1 Å². The van der Waals surface area contributed by atoms with Gasteiger partial charge in [-0.15, -0.1) is 11.3 Å². The molecule has 0 bridgehead atoms. The van der Waals surface area contributed by atoms with Crippen LogP contribution in [0.15, 0.2) is 11.4 Å². The van der Waals surface area contributed by atoms with E-state index >= 15 is 0 Å². The Hall–Kier alpha value is 0.180. The van der Waals surface area contributed by atoms with Crippen LogP contribution in [0.3, 0.4) is 0 Å². The van der Waals surface area contributed by atoms with Crippen molar-refractivity contribution >= 4 is 27.3 Å². The van der Waals surface area contributed by atoms with Crippen LogP contribution < -0.4 is 0 Å². The van der Waals surface area contributed by atoms with Crippen molar-refractivity contribution in [2.45, 2.75) is 33.1 Å². The molecule has 1 heterocycles. The van der Waals surface area contributed by atoms with Crippen molar-refractivity contribution in [1.82, 2.24) is 0 Å². The topological polar surface area (TPSA) is 0 Å². The fourth-order valence-electron chi connectivity index (χ4n) is 2.80. The van der Waals surface area contributed by atoms with Gasteiger partial charge in [-0.3, -0.25) is 0 Å². The lowest BCUT2D eigenvalue weighted by Crippen LogP contribution is -2.09. The average molecular weight is 273 g/mol. The average Bonchev–Trinajstić information content (AvgIpc) is 2.49. The first kappa shape index (κ1) is 10.7. The third-order valence-corrected chi connectivity index (χ3v) is 6.21. The largest absolute Gasteiger partial charge is 0.148 e. The van der Waals surface area contributed by atoms with Crippen molar-refractivity contribution in [2.75, 3.05) is 5.33 Å². The second kappa shape index (κ2) is 3.08. The Labute approximate surface area is 98.9 Å². The second-order valence-corrected chi connectivity index (χ2v) is 6.63. The van der Waals surface area contributed by atoms with Gasteiger partial charge in [-0.25, -0.2) is 0 Å². The van der Waals surface area contributed by atoms with Gasteiger partial charge in [-0.1, -0.05) is 36.7 Å². The molecule has 0 aliphatic heterocycles. The Bertz CT molecular complexity index is 353. The highest BCUT2D eigenvalue weighted by atomic mass is 79.9. The first-order valence-corrected chi connectivity index (χ1v) is 7.07. The summed E-state index contributed by atoms with van der Waals surface area (Å²) in [6.07, 6.45) is 0. The van der Waals surface area contributed by atoms with Gasteiger partial charge < -0.3 is 0 Å². The summed E-state index contributed by atoms with van der Waals surface area (Å²) in [5.74, 6) is 0.785. The molecule has 0 radical (unpaired) electrons. The van der Waals surface area contributed by atoms with Crippen LogP contribution in [0.1, 0.15) is 31.2 Å². The number of aryl methyl sites for hydroxylation is 1. The smallest absolute Gasteiger partial charge is 0.0142 e. The van der Waals surface area contributed by atoms with Gasteiger partial charge in [0.1, 0.15) is 0 Å². The lowest BCUT2D eigenvalue weighted by molar-refractivity contribution is 0.526. The van der Waals surface area contributed by atoms with E-state index in [1.54, 1.807) is 4.88 Å². The molecule has 1 fully saturated rings. The van der Waals surface area contributed by atoms with Crippen molar-refractivity contribution in [1.29, 1.82) is 0 Å². The van der Waals surface area contributed by atoms with Crippen LogP contribution in [-0.2, 0) is 5.41 Å². The third-order valence-electron chi connectivity index (χ3n) is 4.31. The van der Waals surface area contributed by atoms with Gasteiger partial charge in [0.15, 0.2) is 0 Å². The standard InChI is InChI=1S/C12H17BrS/c1-8-5-6-14-10(8)12(4)9(7-13)11(12,2)3/h5-6,9H,7H2,1-4H3. The number of hydrogen-bond acceptors (Lipinski definition) is 1. The molecule has 1 aliphatic carbocycles. The van der Waals surface area contributed by atoms with Crippen LogP contribution in [0.25, 0.3) is 0 Å². The van der Waals surface area contributed by atoms with E-state index in [1.807, 2.05) is 11.3 Å². The van der Waals surface area contributed by atoms with Gasteiger partial charge in [0.05, 0.1) is 0 Å². The maximum absolute atomic E-state index is 3.64. The predicted molar refractivity (Wildman–Crippen MR) is 67.5 cm³/mol. The van der Waals surface area contributed by atoms with Crippen molar-refractivity contribution in [3.05, 3.63) is 21.9 Å². The van der Waals surface area contributed by atoms with Crippen molar-refractivity contribution in [3.63, 3.8) is 0 Å². The lowest BCUT2D eigenvalue weighted by Gasteiger charge is -2.14. The molecule has 0 aromatic carbocycles. The fraction of sp³-hybridized carbons (Fsp3) is 0.667. The van der Waals surface area contributed by atoms with Gasteiger partial charge in [0.25, 0.3) is 0 Å². The van der Waals surface area contributed by atoms with E-state index in [4.69, 9.17) is 0 Å². The zero-order valence-electron chi connectivity index (χ0n) is 9.23. The summed E-state index contributed by atoms with van der Waals surface area (Å²) in [5, 5.41) is 3.34. The first-order valence-electron chi connectivity index (χ1n) is 5.06. The number of rotatable bonds is 2. The van der Waals surface area contributed by atoms with E-state index in [9.17, 15) is 0 Å². The first-order chi connectivity index (χ1) is 6.46.